The van der Waals surface area contributed by atoms with Crippen LogP contribution < -0.4 is 0 Å². The first-order valence-corrected chi connectivity index (χ1v) is 6.36. The van der Waals surface area contributed by atoms with Crippen LogP contribution in [-0.4, -0.2) is 21.0 Å². The highest BCUT2D eigenvalue weighted by Crippen LogP contribution is 2.26. The van der Waals surface area contributed by atoms with Crippen LogP contribution in [0.2, 0.25) is 0 Å². The van der Waals surface area contributed by atoms with Crippen molar-refractivity contribution >= 4 is 17.0 Å². The molecule has 0 amide bonds. The fourth-order valence-corrected chi connectivity index (χ4v) is 2.47. The van der Waals surface area contributed by atoms with E-state index in [1.165, 1.54) is 0 Å². The first kappa shape index (κ1) is 12.4. The van der Waals surface area contributed by atoms with Crippen molar-refractivity contribution in [1.82, 2.24) is 9.97 Å². The zero-order valence-corrected chi connectivity index (χ0v) is 11.3. The van der Waals surface area contributed by atoms with Gasteiger partial charge < -0.3 is 10.1 Å². The number of aromatic nitrogens is 2. The molecule has 0 unspecified atom stereocenters. The molecule has 0 aliphatic rings. The summed E-state index contributed by atoms with van der Waals surface area (Å²) < 4.78 is 0. The van der Waals surface area contributed by atoms with Crippen molar-refractivity contribution in [3.05, 3.63) is 53.1 Å². The van der Waals surface area contributed by atoms with Crippen LogP contribution in [0.1, 0.15) is 21.5 Å². The van der Waals surface area contributed by atoms with Crippen molar-refractivity contribution in [2.24, 2.45) is 0 Å². The fraction of sp³-hybridized carbons (Fsp3) is 0.125. The van der Waals surface area contributed by atoms with Gasteiger partial charge in [-0.1, -0.05) is 24.3 Å². The van der Waals surface area contributed by atoms with Gasteiger partial charge in [0.25, 0.3) is 0 Å². The highest BCUT2D eigenvalue weighted by atomic mass is 16.4. The standard InChI is InChI=1S/C16H14N2O2/c1-9-7-10(2)14-13(8-9)17-15(18-14)11-5-3-4-6-12(11)16(19)20/h3-8H,1-2H3,(H,17,18)(H,19,20). The number of fused-ring (bicyclic) bond motifs is 1. The lowest BCUT2D eigenvalue weighted by Crippen LogP contribution is -1.99. The minimum absolute atomic E-state index is 0.251. The number of hydrogen-bond donors (Lipinski definition) is 2. The number of H-pyrrole nitrogens is 1. The van der Waals surface area contributed by atoms with E-state index in [1.807, 2.05) is 26.0 Å². The number of aromatic amines is 1. The summed E-state index contributed by atoms with van der Waals surface area (Å²) in [7, 11) is 0. The van der Waals surface area contributed by atoms with Gasteiger partial charge in [-0.3, -0.25) is 0 Å². The van der Waals surface area contributed by atoms with Crippen LogP contribution in [0.5, 0.6) is 0 Å². The van der Waals surface area contributed by atoms with E-state index >= 15 is 0 Å². The predicted molar refractivity (Wildman–Crippen MR) is 78.0 cm³/mol. The minimum atomic E-state index is -0.950. The maximum absolute atomic E-state index is 11.3. The van der Waals surface area contributed by atoms with Crippen molar-refractivity contribution < 1.29 is 9.90 Å². The number of carboxylic acids is 1. The maximum Gasteiger partial charge on any atom is 0.336 e. The van der Waals surface area contributed by atoms with Crippen molar-refractivity contribution in [1.29, 1.82) is 0 Å². The number of aryl methyl sites for hydroxylation is 2. The third-order valence-corrected chi connectivity index (χ3v) is 3.33. The molecule has 3 rings (SSSR count). The molecule has 0 spiro atoms. The number of benzene rings is 2. The van der Waals surface area contributed by atoms with Crippen LogP contribution >= 0.6 is 0 Å². The van der Waals surface area contributed by atoms with E-state index < -0.39 is 5.97 Å². The molecule has 1 aromatic heterocycles. The molecule has 2 N–H and O–H groups in total. The average molecular weight is 266 g/mol. The lowest BCUT2D eigenvalue weighted by Gasteiger charge is -2.01. The van der Waals surface area contributed by atoms with Crippen LogP contribution in [0.4, 0.5) is 0 Å². The van der Waals surface area contributed by atoms with Crippen molar-refractivity contribution in [3.8, 4) is 11.4 Å². The van der Waals surface area contributed by atoms with Gasteiger partial charge in [0.2, 0.25) is 0 Å². The predicted octanol–water partition coefficient (Wildman–Crippen LogP) is 3.54. The van der Waals surface area contributed by atoms with E-state index in [2.05, 4.69) is 16.0 Å². The Morgan fingerprint density at radius 3 is 2.70 bits per heavy atom. The Morgan fingerprint density at radius 1 is 1.20 bits per heavy atom. The normalized spacial score (nSPS) is 10.9. The largest absolute Gasteiger partial charge is 0.478 e. The van der Waals surface area contributed by atoms with Crippen molar-refractivity contribution in [3.63, 3.8) is 0 Å². The van der Waals surface area contributed by atoms with Gasteiger partial charge in [0, 0.05) is 5.56 Å². The molecule has 0 saturated heterocycles. The highest BCUT2D eigenvalue weighted by molar-refractivity contribution is 5.96. The molecule has 0 aliphatic carbocycles. The molecule has 4 nitrogen and oxygen atoms in total. The zero-order valence-electron chi connectivity index (χ0n) is 11.3. The molecule has 20 heavy (non-hydrogen) atoms. The maximum atomic E-state index is 11.3. The number of carboxylic acid groups (broad SMARTS) is 1. The summed E-state index contributed by atoms with van der Waals surface area (Å²) in [6.45, 7) is 4.03. The van der Waals surface area contributed by atoms with Crippen LogP contribution in [-0.2, 0) is 0 Å². The molecular weight excluding hydrogens is 252 g/mol. The molecule has 0 bridgehead atoms. The van der Waals surface area contributed by atoms with Gasteiger partial charge in [0.15, 0.2) is 0 Å². The van der Waals surface area contributed by atoms with Gasteiger partial charge in [0.05, 0.1) is 16.6 Å². The second-order valence-corrected chi connectivity index (χ2v) is 4.91. The number of nitrogens with one attached hydrogen (secondary N) is 1. The highest BCUT2D eigenvalue weighted by Gasteiger charge is 2.14. The molecule has 0 saturated carbocycles. The molecule has 1 heterocycles. The van der Waals surface area contributed by atoms with E-state index in [-0.39, 0.29) is 5.56 Å². The second kappa shape index (κ2) is 4.49. The molecule has 0 aliphatic heterocycles. The Kier molecular flexibility index (Phi) is 2.79. The number of carbonyl (C=O) groups is 1. The summed E-state index contributed by atoms with van der Waals surface area (Å²) in [5.41, 5.74) is 4.89. The summed E-state index contributed by atoms with van der Waals surface area (Å²) in [6, 6.07) is 11.0. The van der Waals surface area contributed by atoms with E-state index in [4.69, 9.17) is 0 Å². The summed E-state index contributed by atoms with van der Waals surface area (Å²) in [5, 5.41) is 9.26. The van der Waals surface area contributed by atoms with E-state index in [1.54, 1.807) is 18.2 Å². The fourth-order valence-electron chi connectivity index (χ4n) is 2.47. The topological polar surface area (TPSA) is 66.0 Å². The molecule has 2 aromatic carbocycles. The molecule has 0 atom stereocenters. The molecule has 100 valence electrons. The smallest absolute Gasteiger partial charge is 0.336 e. The molecular formula is C16H14N2O2. The minimum Gasteiger partial charge on any atom is -0.478 e. The van der Waals surface area contributed by atoms with Gasteiger partial charge >= 0.3 is 5.97 Å². The summed E-state index contributed by atoms with van der Waals surface area (Å²) >= 11 is 0. The first-order chi connectivity index (χ1) is 9.56. The van der Waals surface area contributed by atoms with Crippen LogP contribution in [0, 0.1) is 13.8 Å². The van der Waals surface area contributed by atoms with E-state index in [0.717, 1.165) is 22.2 Å². The first-order valence-electron chi connectivity index (χ1n) is 6.36. The van der Waals surface area contributed by atoms with Gasteiger partial charge in [-0.05, 0) is 37.1 Å². The Morgan fingerprint density at radius 2 is 1.95 bits per heavy atom. The molecule has 3 aromatic rings. The molecule has 0 radical (unpaired) electrons. The van der Waals surface area contributed by atoms with Gasteiger partial charge in [-0.2, -0.15) is 0 Å². The van der Waals surface area contributed by atoms with Crippen molar-refractivity contribution in [2.75, 3.05) is 0 Å². The third kappa shape index (κ3) is 1.95. The summed E-state index contributed by atoms with van der Waals surface area (Å²) in [5.74, 6) is -0.361. The SMILES string of the molecule is Cc1cc(C)c2nc(-c3ccccc3C(=O)O)[nH]c2c1. The number of rotatable bonds is 2. The van der Waals surface area contributed by atoms with E-state index in [0.29, 0.717) is 11.4 Å². The Labute approximate surface area is 116 Å². The number of hydrogen-bond acceptors (Lipinski definition) is 2. The van der Waals surface area contributed by atoms with Gasteiger partial charge in [-0.25, -0.2) is 9.78 Å². The Bertz CT molecular complexity index is 818. The summed E-state index contributed by atoms with van der Waals surface area (Å²) in [6.07, 6.45) is 0. The lowest BCUT2D eigenvalue weighted by atomic mass is 10.1. The monoisotopic (exact) mass is 266 g/mol. The lowest BCUT2D eigenvalue weighted by molar-refractivity contribution is 0.0697. The summed E-state index contributed by atoms with van der Waals surface area (Å²) in [4.78, 5) is 19.1. The number of aromatic carboxylic acids is 1. The zero-order chi connectivity index (χ0) is 14.3. The average Bonchev–Trinajstić information content (AvgIpc) is 2.82. The number of nitrogens with zero attached hydrogens (tertiary/aromatic N) is 1. The van der Waals surface area contributed by atoms with E-state index in [9.17, 15) is 9.90 Å². The van der Waals surface area contributed by atoms with Crippen LogP contribution in [0.25, 0.3) is 22.4 Å². The van der Waals surface area contributed by atoms with Gasteiger partial charge in [-0.15, -0.1) is 0 Å². The van der Waals surface area contributed by atoms with Crippen molar-refractivity contribution in [2.45, 2.75) is 13.8 Å². The molecule has 4 heteroatoms. The van der Waals surface area contributed by atoms with Crippen LogP contribution in [0.15, 0.2) is 36.4 Å². The van der Waals surface area contributed by atoms with Crippen LogP contribution in [0.3, 0.4) is 0 Å². The third-order valence-electron chi connectivity index (χ3n) is 3.33. The molecule has 0 fully saturated rings. The number of imidazole rings is 1. The Hall–Kier alpha value is -2.62. The second-order valence-electron chi connectivity index (χ2n) is 4.91. The quantitative estimate of drug-likeness (QED) is 0.745. The van der Waals surface area contributed by atoms with Gasteiger partial charge in [0.1, 0.15) is 5.82 Å². The Balaban J connectivity index is 2.26.